The summed E-state index contributed by atoms with van der Waals surface area (Å²) >= 11 is 0. The number of hydrogen-bond donors (Lipinski definition) is 3. The smallest absolute Gasteiger partial charge is 0.265 e. The van der Waals surface area contributed by atoms with Crippen LogP contribution < -0.4 is 20.7 Å². The number of carbonyl (C=O) groups excluding carboxylic acids is 2. The number of fused-ring (bicyclic) bond motifs is 3. The molecule has 33 heavy (non-hydrogen) atoms. The van der Waals surface area contributed by atoms with E-state index in [1.165, 1.54) is 0 Å². The lowest BCUT2D eigenvalue weighted by Crippen LogP contribution is -2.53. The molecule has 0 aliphatic carbocycles. The quantitative estimate of drug-likeness (QED) is 0.593. The fraction of sp³-hybridized carbons (Fsp3) is 0.652. The summed E-state index contributed by atoms with van der Waals surface area (Å²) in [7, 11) is -3.30. The average molecular weight is 477 g/mol. The van der Waals surface area contributed by atoms with E-state index in [1.54, 1.807) is 29.4 Å². The Kier molecular flexibility index (Phi) is 6.09. The monoisotopic (exact) mass is 476 g/mol. The second kappa shape index (κ2) is 8.88. The SMILES string of the molecule is C[C@H]1Oc2ccc(C(=O)N[C@@H]3C[C@H]4CC[C@@H](C3)N4S(=O)(=O)CC3CCNCC3)cc2NC1=O. The van der Waals surface area contributed by atoms with Gasteiger partial charge in [0.2, 0.25) is 10.0 Å². The van der Waals surface area contributed by atoms with Crippen molar-refractivity contribution in [2.45, 2.75) is 69.7 Å². The Balaban J connectivity index is 1.22. The first-order chi connectivity index (χ1) is 15.8. The van der Waals surface area contributed by atoms with Crippen LogP contribution in [-0.4, -0.2) is 67.6 Å². The van der Waals surface area contributed by atoms with Crippen LogP contribution >= 0.6 is 0 Å². The molecule has 2 bridgehead atoms. The molecule has 0 aromatic heterocycles. The Morgan fingerprint density at radius 2 is 1.85 bits per heavy atom. The number of sulfonamides is 1. The average Bonchev–Trinajstić information content (AvgIpc) is 3.07. The maximum Gasteiger partial charge on any atom is 0.265 e. The number of anilines is 1. The molecule has 4 aliphatic rings. The van der Waals surface area contributed by atoms with Crippen molar-refractivity contribution < 1.29 is 22.7 Å². The second-order valence-electron chi connectivity index (χ2n) is 9.79. The van der Waals surface area contributed by atoms with Crippen LogP contribution in [0.25, 0.3) is 0 Å². The lowest BCUT2D eigenvalue weighted by molar-refractivity contribution is -0.122. The van der Waals surface area contributed by atoms with Gasteiger partial charge in [0.05, 0.1) is 11.4 Å². The van der Waals surface area contributed by atoms with Crippen LogP contribution in [0.4, 0.5) is 5.69 Å². The lowest BCUT2D eigenvalue weighted by atomic mass is 9.99. The number of rotatable bonds is 5. The van der Waals surface area contributed by atoms with Crippen molar-refractivity contribution in [1.82, 2.24) is 14.9 Å². The van der Waals surface area contributed by atoms with Crippen molar-refractivity contribution in [1.29, 1.82) is 0 Å². The van der Waals surface area contributed by atoms with Gasteiger partial charge in [0.15, 0.2) is 6.10 Å². The van der Waals surface area contributed by atoms with Gasteiger partial charge in [-0.05, 0) is 82.7 Å². The molecule has 3 N–H and O–H groups in total. The first-order valence-electron chi connectivity index (χ1n) is 11.9. The number of benzene rings is 1. The summed E-state index contributed by atoms with van der Waals surface area (Å²) in [4.78, 5) is 24.8. The zero-order valence-corrected chi connectivity index (χ0v) is 19.7. The molecule has 4 heterocycles. The molecular formula is C23H32N4O5S. The third-order valence-corrected chi connectivity index (χ3v) is 9.53. The number of ether oxygens (including phenoxy) is 1. The summed E-state index contributed by atoms with van der Waals surface area (Å²) in [5.41, 5.74) is 0.935. The fourth-order valence-electron chi connectivity index (χ4n) is 5.76. The number of hydrogen-bond acceptors (Lipinski definition) is 6. The van der Waals surface area contributed by atoms with Crippen molar-refractivity contribution >= 4 is 27.5 Å². The van der Waals surface area contributed by atoms with Crippen LogP contribution in [0.3, 0.4) is 0 Å². The number of piperidine rings is 2. The molecule has 180 valence electrons. The highest BCUT2D eigenvalue weighted by molar-refractivity contribution is 7.89. The first kappa shape index (κ1) is 22.6. The normalized spacial score (nSPS) is 30.3. The van der Waals surface area contributed by atoms with E-state index in [1.807, 2.05) is 0 Å². The highest BCUT2D eigenvalue weighted by Gasteiger charge is 2.47. The van der Waals surface area contributed by atoms with Gasteiger partial charge in [-0.15, -0.1) is 0 Å². The largest absolute Gasteiger partial charge is 0.479 e. The molecular weight excluding hydrogens is 444 g/mol. The fourth-order valence-corrected chi connectivity index (χ4v) is 8.15. The molecule has 1 aromatic carbocycles. The summed E-state index contributed by atoms with van der Waals surface area (Å²) in [6.07, 6.45) is 4.22. The van der Waals surface area contributed by atoms with Crippen LogP contribution in [-0.2, 0) is 14.8 Å². The number of nitrogens with one attached hydrogen (secondary N) is 3. The van der Waals surface area contributed by atoms with E-state index in [4.69, 9.17) is 4.74 Å². The molecule has 1 aromatic rings. The van der Waals surface area contributed by atoms with Gasteiger partial charge in [-0.2, -0.15) is 4.31 Å². The van der Waals surface area contributed by atoms with Crippen molar-refractivity contribution in [2.75, 3.05) is 24.2 Å². The zero-order valence-electron chi connectivity index (χ0n) is 18.9. The molecule has 0 saturated carbocycles. The van der Waals surface area contributed by atoms with Gasteiger partial charge in [-0.1, -0.05) is 0 Å². The third kappa shape index (κ3) is 4.61. The van der Waals surface area contributed by atoms with E-state index in [9.17, 15) is 18.0 Å². The molecule has 4 atom stereocenters. The molecule has 3 saturated heterocycles. The van der Waals surface area contributed by atoms with Crippen molar-refractivity contribution in [3.05, 3.63) is 23.8 Å². The van der Waals surface area contributed by atoms with E-state index in [0.717, 1.165) is 38.8 Å². The minimum atomic E-state index is -3.30. The van der Waals surface area contributed by atoms with Gasteiger partial charge in [0.25, 0.3) is 11.8 Å². The molecule has 2 amide bonds. The first-order valence-corrected chi connectivity index (χ1v) is 13.6. The molecule has 4 aliphatic heterocycles. The highest BCUT2D eigenvalue weighted by atomic mass is 32.2. The molecule has 0 radical (unpaired) electrons. The summed E-state index contributed by atoms with van der Waals surface area (Å²) in [5.74, 6) is 0.546. The lowest BCUT2D eigenvalue weighted by Gasteiger charge is -2.39. The molecule has 0 spiro atoms. The summed E-state index contributed by atoms with van der Waals surface area (Å²) in [5, 5.41) is 9.15. The predicted molar refractivity (Wildman–Crippen MR) is 124 cm³/mol. The van der Waals surface area contributed by atoms with Gasteiger partial charge in [-0.3, -0.25) is 9.59 Å². The maximum absolute atomic E-state index is 13.2. The van der Waals surface area contributed by atoms with Crippen LogP contribution in [0.1, 0.15) is 55.8 Å². The van der Waals surface area contributed by atoms with Crippen molar-refractivity contribution in [3.8, 4) is 5.75 Å². The molecule has 3 fully saturated rings. The van der Waals surface area contributed by atoms with Gasteiger partial charge in [0, 0.05) is 23.7 Å². The summed E-state index contributed by atoms with van der Waals surface area (Å²) < 4.78 is 33.8. The van der Waals surface area contributed by atoms with Gasteiger partial charge in [0.1, 0.15) is 5.75 Å². The predicted octanol–water partition coefficient (Wildman–Crippen LogP) is 1.46. The van der Waals surface area contributed by atoms with Crippen LogP contribution in [0.2, 0.25) is 0 Å². The van der Waals surface area contributed by atoms with Gasteiger partial charge >= 0.3 is 0 Å². The minimum Gasteiger partial charge on any atom is -0.479 e. The molecule has 5 rings (SSSR count). The standard InChI is InChI=1S/C23H32N4O5S/c1-14-22(28)26-20-10-16(2-5-21(20)32-14)23(29)25-17-11-18-3-4-19(12-17)27(18)33(30,31)13-15-6-8-24-9-7-15/h2,5,10,14-15,17-19,24H,3-4,6-9,11-13H2,1H3,(H,25,29)(H,26,28)/t14-,17-,18-,19+/m1/s1. The van der Waals surface area contributed by atoms with Crippen molar-refractivity contribution in [2.24, 2.45) is 5.92 Å². The Hall–Kier alpha value is -2.17. The number of nitrogens with zero attached hydrogens (tertiary/aromatic N) is 1. The van der Waals surface area contributed by atoms with E-state index >= 15 is 0 Å². The van der Waals surface area contributed by atoms with E-state index in [-0.39, 0.29) is 41.6 Å². The number of amides is 2. The van der Waals surface area contributed by atoms with Gasteiger partial charge < -0.3 is 20.7 Å². The minimum absolute atomic E-state index is 0.0431. The van der Waals surface area contributed by atoms with Crippen LogP contribution in [0, 0.1) is 5.92 Å². The topological polar surface area (TPSA) is 117 Å². The maximum atomic E-state index is 13.2. The Morgan fingerprint density at radius 1 is 1.15 bits per heavy atom. The van der Waals surface area contributed by atoms with Crippen molar-refractivity contribution in [3.63, 3.8) is 0 Å². The molecule has 0 unspecified atom stereocenters. The highest BCUT2D eigenvalue weighted by Crippen LogP contribution is 2.39. The Morgan fingerprint density at radius 3 is 2.55 bits per heavy atom. The Bertz CT molecular complexity index is 1030. The van der Waals surface area contributed by atoms with Crippen LogP contribution in [0.5, 0.6) is 5.75 Å². The van der Waals surface area contributed by atoms with E-state index < -0.39 is 16.1 Å². The third-order valence-electron chi connectivity index (χ3n) is 7.40. The van der Waals surface area contributed by atoms with Crippen LogP contribution in [0.15, 0.2) is 18.2 Å². The van der Waals surface area contributed by atoms with E-state index in [2.05, 4.69) is 16.0 Å². The zero-order chi connectivity index (χ0) is 23.2. The molecule has 10 heteroatoms. The second-order valence-corrected chi connectivity index (χ2v) is 11.7. The summed E-state index contributed by atoms with van der Waals surface area (Å²) in [6, 6.07) is 4.85. The Labute approximate surface area is 194 Å². The number of carbonyl (C=O) groups is 2. The summed E-state index contributed by atoms with van der Waals surface area (Å²) in [6.45, 7) is 3.45. The van der Waals surface area contributed by atoms with E-state index in [0.29, 0.717) is 29.8 Å². The molecule has 9 nitrogen and oxygen atoms in total. The van der Waals surface area contributed by atoms with Gasteiger partial charge in [-0.25, -0.2) is 8.42 Å².